The Labute approximate surface area is 240 Å². The summed E-state index contributed by atoms with van der Waals surface area (Å²) in [5.74, 6) is -10.6. The summed E-state index contributed by atoms with van der Waals surface area (Å²) in [6.45, 7) is 6.01. The van der Waals surface area contributed by atoms with Crippen molar-refractivity contribution < 1.29 is 36.6 Å². The van der Waals surface area contributed by atoms with Crippen molar-refractivity contribution in [1.29, 1.82) is 0 Å². The minimum Gasteiger partial charge on any atom is -0.490 e. The van der Waals surface area contributed by atoms with Crippen molar-refractivity contribution >= 4 is 27.6 Å². The van der Waals surface area contributed by atoms with E-state index in [9.17, 15) is 31.9 Å². The number of carbonyl (C=O) groups is 1. The summed E-state index contributed by atoms with van der Waals surface area (Å²) < 4.78 is 74.1. The van der Waals surface area contributed by atoms with Crippen LogP contribution in [0.3, 0.4) is 0 Å². The fourth-order valence-electron chi connectivity index (χ4n) is 5.03. The molecule has 1 heterocycles. The summed E-state index contributed by atoms with van der Waals surface area (Å²) in [5.41, 5.74) is 0.807. The number of carbonyl (C=O) groups excluding carboxylic acids is 1. The molecule has 10 heteroatoms. The third-order valence-electron chi connectivity index (χ3n) is 7.27. The fraction of sp³-hybridized carbons (Fsp3) is 0.344. The highest BCUT2D eigenvalue weighted by Gasteiger charge is 2.27. The van der Waals surface area contributed by atoms with Crippen molar-refractivity contribution in [2.24, 2.45) is 0 Å². The van der Waals surface area contributed by atoms with Gasteiger partial charge in [0, 0.05) is 40.9 Å². The number of fused-ring (bicyclic) bond motifs is 3. The number of ketones is 1. The van der Waals surface area contributed by atoms with Crippen LogP contribution in [0.2, 0.25) is 0 Å². The van der Waals surface area contributed by atoms with Crippen molar-refractivity contribution in [1.82, 2.24) is 10.3 Å². The van der Waals surface area contributed by atoms with Gasteiger partial charge in [0.1, 0.15) is 18.5 Å². The van der Waals surface area contributed by atoms with Gasteiger partial charge < -0.3 is 20.1 Å². The molecule has 5 nitrogen and oxygen atoms in total. The van der Waals surface area contributed by atoms with E-state index in [-0.39, 0.29) is 31.2 Å². The molecule has 0 aliphatic rings. The zero-order chi connectivity index (χ0) is 30.4. The molecule has 224 valence electrons. The molecular formula is C32H33F5N2O3. The number of aliphatic hydroxyl groups excluding tert-OH is 1. The van der Waals surface area contributed by atoms with Gasteiger partial charge >= 0.3 is 0 Å². The van der Waals surface area contributed by atoms with Gasteiger partial charge in [-0.25, -0.2) is 22.0 Å². The molecule has 0 aliphatic heterocycles. The number of ether oxygens (including phenoxy) is 1. The van der Waals surface area contributed by atoms with Crippen molar-refractivity contribution in [3.8, 4) is 5.75 Å². The van der Waals surface area contributed by atoms with E-state index >= 15 is 0 Å². The van der Waals surface area contributed by atoms with Crippen molar-refractivity contribution in [3.05, 3.63) is 89.3 Å². The maximum absolute atomic E-state index is 13.9. The minimum absolute atomic E-state index is 0.0137. The standard InChI is InChI=1S/C32H33F5N2O3/c1-3-8-19(10-6-9-18(2)25(41)15-22-28(33)30(35)32(37)31(36)29(22)34)38-16-20(40)17-42-26-14-7-13-24-27(26)21-11-4-5-12-23(21)39-24/h4-5,7,11-14,19-20,38-40H,2-3,6,8-10,15-17H2,1H3. The van der Waals surface area contributed by atoms with Crippen molar-refractivity contribution in [2.75, 3.05) is 13.2 Å². The third kappa shape index (κ3) is 6.99. The summed E-state index contributed by atoms with van der Waals surface area (Å²) in [4.78, 5) is 15.8. The van der Waals surface area contributed by atoms with Crippen molar-refractivity contribution in [2.45, 2.75) is 57.6 Å². The highest BCUT2D eigenvalue weighted by atomic mass is 19.2. The number of halogens is 5. The molecule has 3 aromatic carbocycles. The Morgan fingerprint density at radius 2 is 1.62 bits per heavy atom. The number of aliphatic hydroxyl groups is 1. The van der Waals surface area contributed by atoms with Gasteiger partial charge in [-0.15, -0.1) is 0 Å². The third-order valence-corrected chi connectivity index (χ3v) is 7.27. The van der Waals surface area contributed by atoms with Crippen LogP contribution in [0.15, 0.2) is 54.6 Å². The molecule has 1 aromatic heterocycles. The van der Waals surface area contributed by atoms with E-state index in [1.807, 2.05) is 49.4 Å². The quantitative estimate of drug-likeness (QED) is 0.0602. The molecule has 0 spiro atoms. The van der Waals surface area contributed by atoms with Gasteiger partial charge in [0.05, 0.1) is 5.52 Å². The fourth-order valence-corrected chi connectivity index (χ4v) is 5.03. The highest BCUT2D eigenvalue weighted by Crippen LogP contribution is 2.33. The number of Topliss-reactive ketones (excluding diaryl/α,β-unsaturated/α-hetero) is 1. The molecule has 0 bridgehead atoms. The molecule has 0 saturated heterocycles. The molecule has 0 saturated carbocycles. The lowest BCUT2D eigenvalue weighted by molar-refractivity contribution is -0.115. The molecule has 2 atom stereocenters. The summed E-state index contributed by atoms with van der Waals surface area (Å²) in [5, 5.41) is 15.9. The average Bonchev–Trinajstić information content (AvgIpc) is 3.38. The van der Waals surface area contributed by atoms with Gasteiger partial charge in [0.25, 0.3) is 0 Å². The van der Waals surface area contributed by atoms with Crippen LogP contribution in [0.4, 0.5) is 22.0 Å². The number of hydrogen-bond acceptors (Lipinski definition) is 4. The van der Waals surface area contributed by atoms with Crippen LogP contribution in [0.1, 0.15) is 44.6 Å². The molecule has 4 aromatic rings. The SMILES string of the molecule is C=C(CCCC(CCC)NCC(O)COc1cccc2[nH]c3ccccc3c12)C(=O)Cc1c(F)c(F)c(F)c(F)c1F. The van der Waals surface area contributed by atoms with E-state index < -0.39 is 53.0 Å². The highest BCUT2D eigenvalue weighted by molar-refractivity contribution is 6.10. The summed E-state index contributed by atoms with van der Waals surface area (Å²) in [6, 6.07) is 13.6. The molecule has 0 fully saturated rings. The van der Waals surface area contributed by atoms with Gasteiger partial charge in [-0.05, 0) is 49.5 Å². The van der Waals surface area contributed by atoms with Gasteiger partial charge in [0.15, 0.2) is 29.1 Å². The van der Waals surface area contributed by atoms with Crippen LogP contribution in [0.5, 0.6) is 5.75 Å². The largest absolute Gasteiger partial charge is 0.490 e. The number of aromatic nitrogens is 1. The first-order chi connectivity index (χ1) is 20.1. The normalized spacial score (nSPS) is 13.0. The van der Waals surface area contributed by atoms with Gasteiger partial charge in [-0.1, -0.05) is 44.2 Å². The number of allylic oxidation sites excluding steroid dienone is 1. The molecule has 3 N–H and O–H groups in total. The van der Waals surface area contributed by atoms with Crippen LogP contribution < -0.4 is 10.1 Å². The Kier molecular flexibility index (Phi) is 10.3. The first-order valence-electron chi connectivity index (χ1n) is 13.9. The lowest BCUT2D eigenvalue weighted by Gasteiger charge is -2.21. The monoisotopic (exact) mass is 588 g/mol. The van der Waals surface area contributed by atoms with Crippen LogP contribution >= 0.6 is 0 Å². The molecule has 0 radical (unpaired) electrons. The number of aromatic amines is 1. The summed E-state index contributed by atoms with van der Waals surface area (Å²) in [6.07, 6.45) is 1.21. The van der Waals surface area contributed by atoms with Crippen LogP contribution in [-0.2, 0) is 11.2 Å². The predicted octanol–water partition coefficient (Wildman–Crippen LogP) is 7.05. The Bertz CT molecular complexity index is 1560. The Balaban J connectivity index is 1.25. The van der Waals surface area contributed by atoms with E-state index in [1.54, 1.807) is 0 Å². The molecule has 42 heavy (non-hydrogen) atoms. The topological polar surface area (TPSA) is 74.3 Å². The summed E-state index contributed by atoms with van der Waals surface area (Å²) >= 11 is 0. The van der Waals surface area contributed by atoms with Gasteiger partial charge in [0.2, 0.25) is 5.82 Å². The number of nitrogens with one attached hydrogen (secondary N) is 2. The van der Waals surface area contributed by atoms with E-state index in [0.29, 0.717) is 18.6 Å². The second kappa shape index (κ2) is 13.9. The molecule has 4 rings (SSSR count). The second-order valence-corrected chi connectivity index (χ2v) is 10.4. The van der Waals surface area contributed by atoms with Crippen LogP contribution in [0.25, 0.3) is 21.8 Å². The van der Waals surface area contributed by atoms with Crippen LogP contribution in [-0.4, -0.2) is 41.2 Å². The Hall–Kier alpha value is -3.76. The average molecular weight is 589 g/mol. The predicted molar refractivity (Wildman–Crippen MR) is 152 cm³/mol. The Morgan fingerprint density at radius 3 is 2.33 bits per heavy atom. The number of rotatable bonds is 15. The zero-order valence-electron chi connectivity index (χ0n) is 23.2. The lowest BCUT2D eigenvalue weighted by Crippen LogP contribution is -2.38. The van der Waals surface area contributed by atoms with E-state index in [1.165, 1.54) is 0 Å². The zero-order valence-corrected chi connectivity index (χ0v) is 23.2. The Morgan fingerprint density at radius 1 is 0.952 bits per heavy atom. The molecule has 0 amide bonds. The smallest absolute Gasteiger partial charge is 0.200 e. The van der Waals surface area contributed by atoms with Gasteiger partial charge in [-0.3, -0.25) is 4.79 Å². The first-order valence-corrected chi connectivity index (χ1v) is 13.9. The molecular weight excluding hydrogens is 555 g/mol. The van der Waals surface area contributed by atoms with Crippen molar-refractivity contribution in [3.63, 3.8) is 0 Å². The van der Waals surface area contributed by atoms with Gasteiger partial charge in [-0.2, -0.15) is 0 Å². The maximum Gasteiger partial charge on any atom is 0.200 e. The van der Waals surface area contributed by atoms with E-state index in [4.69, 9.17) is 4.74 Å². The molecule has 0 aliphatic carbocycles. The first kappa shape index (κ1) is 31.2. The maximum atomic E-state index is 13.9. The van der Waals surface area contributed by atoms with Crippen LogP contribution in [0, 0.1) is 29.1 Å². The minimum atomic E-state index is -2.27. The van der Waals surface area contributed by atoms with E-state index in [0.717, 1.165) is 34.6 Å². The second-order valence-electron chi connectivity index (χ2n) is 10.4. The number of benzene rings is 3. The summed E-state index contributed by atoms with van der Waals surface area (Å²) in [7, 11) is 0. The number of H-pyrrole nitrogens is 1. The number of hydrogen-bond donors (Lipinski definition) is 3. The van der Waals surface area contributed by atoms with E-state index in [2.05, 4.69) is 16.9 Å². The number of para-hydroxylation sites is 1. The molecule has 2 unspecified atom stereocenters. The lowest BCUT2D eigenvalue weighted by atomic mass is 9.97.